The second-order valence-electron chi connectivity index (χ2n) is 1.66. The molecule has 0 atom stereocenters. The first kappa shape index (κ1) is 6.31. The smallest absolute Gasteiger partial charge is 0.260 e. The molecule has 3 N–H and O–H groups in total. The highest BCUT2D eigenvalue weighted by atomic mass is 32.1. The fraction of sp³-hybridized carbons (Fsp3) is 0.250. The Kier molecular flexibility index (Phi) is 1.54. The summed E-state index contributed by atoms with van der Waals surface area (Å²) in [5.41, 5.74) is -0.104. The number of nitrogens with one attached hydrogen (secondary N) is 1. The number of anilines is 1. The van der Waals surface area contributed by atoms with Crippen molar-refractivity contribution in [3.8, 4) is 0 Å². The monoisotopic (exact) mass is 145 g/mol. The summed E-state index contributed by atoms with van der Waals surface area (Å²) in [6.07, 6.45) is 0. The molecule has 0 aliphatic heterocycles. The molecule has 0 bridgehead atoms. The highest BCUT2D eigenvalue weighted by Gasteiger charge is 1.96. The maximum absolute atomic E-state index is 10.5. The van der Waals surface area contributed by atoms with E-state index in [1.54, 1.807) is 7.05 Å². The van der Waals surface area contributed by atoms with Gasteiger partial charge in [-0.15, -0.1) is 0 Å². The highest BCUT2D eigenvalue weighted by Crippen LogP contribution is 2.09. The molecular weight excluding hydrogens is 138 g/mol. The van der Waals surface area contributed by atoms with E-state index in [-0.39, 0.29) is 5.56 Å². The summed E-state index contributed by atoms with van der Waals surface area (Å²) in [4.78, 5) is 10.5. The van der Waals surface area contributed by atoms with Crippen LogP contribution in [0, 0.1) is 0 Å². The zero-order chi connectivity index (χ0) is 6.85. The van der Waals surface area contributed by atoms with E-state index >= 15 is 0 Å². The number of aromatic nitrogens is 1. The van der Waals surface area contributed by atoms with Crippen molar-refractivity contribution in [2.45, 2.75) is 0 Å². The molecule has 50 valence electrons. The number of nitrogens with two attached hydrogens (primary N) is 1. The minimum absolute atomic E-state index is 0.104. The van der Waals surface area contributed by atoms with Crippen molar-refractivity contribution in [1.82, 2.24) is 4.37 Å². The molecule has 0 amide bonds. The Hall–Kier alpha value is -0.810. The van der Waals surface area contributed by atoms with Crippen LogP contribution < -0.4 is 16.4 Å². The van der Waals surface area contributed by atoms with Gasteiger partial charge < -0.3 is 5.01 Å². The standard InChI is InChI=1S/C4H7N3OS/c1-7(5)4-2-3(8)6-9-4/h2H,5H2,1H3,(H,6,8). The third kappa shape index (κ3) is 1.30. The van der Waals surface area contributed by atoms with Gasteiger partial charge in [0.05, 0.1) is 0 Å². The zero-order valence-corrected chi connectivity index (χ0v) is 5.73. The molecule has 0 aliphatic carbocycles. The Balaban J connectivity index is 2.98. The van der Waals surface area contributed by atoms with Crippen LogP contribution in [0.1, 0.15) is 0 Å². The van der Waals surface area contributed by atoms with E-state index in [9.17, 15) is 4.79 Å². The summed E-state index contributed by atoms with van der Waals surface area (Å²) in [5, 5.41) is 2.13. The topological polar surface area (TPSA) is 62.1 Å². The van der Waals surface area contributed by atoms with Gasteiger partial charge in [-0.05, 0) is 11.5 Å². The fourth-order valence-electron chi connectivity index (χ4n) is 0.447. The van der Waals surface area contributed by atoms with Crippen molar-refractivity contribution >= 4 is 16.5 Å². The molecule has 0 spiro atoms. The first-order valence-electron chi connectivity index (χ1n) is 2.37. The minimum atomic E-state index is -0.104. The molecule has 0 unspecified atom stereocenters. The van der Waals surface area contributed by atoms with E-state index in [0.29, 0.717) is 0 Å². The number of H-pyrrole nitrogens is 1. The highest BCUT2D eigenvalue weighted by molar-refractivity contribution is 7.10. The van der Waals surface area contributed by atoms with Crippen LogP contribution in [0.2, 0.25) is 0 Å². The average Bonchev–Trinajstić information content (AvgIpc) is 2.14. The van der Waals surface area contributed by atoms with E-state index in [1.165, 1.54) is 22.6 Å². The second-order valence-corrected chi connectivity index (χ2v) is 2.49. The normalized spacial score (nSPS) is 9.56. The summed E-state index contributed by atoms with van der Waals surface area (Å²) >= 11 is 1.22. The molecule has 1 aromatic rings. The van der Waals surface area contributed by atoms with Gasteiger partial charge >= 0.3 is 0 Å². The summed E-state index contributed by atoms with van der Waals surface area (Å²) < 4.78 is 2.51. The van der Waals surface area contributed by atoms with Gasteiger partial charge in [-0.1, -0.05) is 0 Å². The van der Waals surface area contributed by atoms with Crippen molar-refractivity contribution in [3.05, 3.63) is 16.4 Å². The molecule has 0 saturated heterocycles. The number of hydrogen-bond acceptors (Lipinski definition) is 4. The number of hydrogen-bond donors (Lipinski definition) is 2. The van der Waals surface area contributed by atoms with E-state index in [2.05, 4.69) is 4.37 Å². The Morgan fingerprint density at radius 3 is 2.78 bits per heavy atom. The van der Waals surface area contributed by atoms with Crippen molar-refractivity contribution in [2.75, 3.05) is 12.1 Å². The number of rotatable bonds is 1. The lowest BCUT2D eigenvalue weighted by Crippen LogP contribution is -2.23. The fourth-order valence-corrected chi connectivity index (χ4v) is 1.02. The van der Waals surface area contributed by atoms with Crippen molar-refractivity contribution in [2.24, 2.45) is 5.84 Å². The van der Waals surface area contributed by atoms with Gasteiger partial charge in [-0.2, -0.15) is 0 Å². The number of hydrazine groups is 1. The average molecular weight is 145 g/mol. The van der Waals surface area contributed by atoms with E-state index in [4.69, 9.17) is 5.84 Å². The molecule has 0 aromatic carbocycles. The largest absolute Gasteiger partial charge is 0.304 e. The lowest BCUT2D eigenvalue weighted by molar-refractivity contribution is 1.04. The Morgan fingerprint density at radius 2 is 2.56 bits per heavy atom. The molecule has 9 heavy (non-hydrogen) atoms. The number of nitrogens with zero attached hydrogens (tertiary/aromatic N) is 1. The predicted molar refractivity (Wildman–Crippen MR) is 37.5 cm³/mol. The van der Waals surface area contributed by atoms with Crippen LogP contribution in [-0.2, 0) is 0 Å². The van der Waals surface area contributed by atoms with Crippen LogP contribution in [0.15, 0.2) is 10.9 Å². The third-order valence-electron chi connectivity index (χ3n) is 0.858. The van der Waals surface area contributed by atoms with E-state index < -0.39 is 0 Å². The van der Waals surface area contributed by atoms with Gasteiger partial charge in [0.2, 0.25) is 0 Å². The van der Waals surface area contributed by atoms with E-state index in [0.717, 1.165) is 5.00 Å². The molecule has 1 heterocycles. The maximum Gasteiger partial charge on any atom is 0.260 e. The summed E-state index contributed by atoms with van der Waals surface area (Å²) in [7, 11) is 1.68. The first-order valence-corrected chi connectivity index (χ1v) is 3.19. The van der Waals surface area contributed by atoms with Gasteiger partial charge in [-0.25, -0.2) is 5.84 Å². The van der Waals surface area contributed by atoms with Crippen LogP contribution in [0.25, 0.3) is 0 Å². The van der Waals surface area contributed by atoms with Crippen LogP contribution >= 0.6 is 11.5 Å². The van der Waals surface area contributed by atoms with Gasteiger partial charge in [-0.3, -0.25) is 9.17 Å². The molecule has 4 nitrogen and oxygen atoms in total. The summed E-state index contributed by atoms with van der Waals surface area (Å²) in [6.45, 7) is 0. The number of aromatic amines is 1. The molecule has 0 radical (unpaired) electrons. The Morgan fingerprint density at radius 1 is 1.89 bits per heavy atom. The summed E-state index contributed by atoms with van der Waals surface area (Å²) in [5.74, 6) is 5.31. The molecule has 1 aromatic heterocycles. The molecule has 5 heteroatoms. The predicted octanol–water partition coefficient (Wildman–Crippen LogP) is -0.254. The van der Waals surface area contributed by atoms with Crippen molar-refractivity contribution in [3.63, 3.8) is 0 Å². The molecule has 0 saturated carbocycles. The SMILES string of the molecule is CN(N)c1cc(=O)[nH]s1. The molecule has 0 fully saturated rings. The zero-order valence-electron chi connectivity index (χ0n) is 4.92. The lowest BCUT2D eigenvalue weighted by Gasteiger charge is -2.04. The van der Waals surface area contributed by atoms with Gasteiger partial charge in [0, 0.05) is 13.1 Å². The van der Waals surface area contributed by atoms with Crippen molar-refractivity contribution in [1.29, 1.82) is 0 Å². The summed E-state index contributed by atoms with van der Waals surface area (Å²) in [6, 6.07) is 1.45. The van der Waals surface area contributed by atoms with Gasteiger partial charge in [0.15, 0.2) is 0 Å². The second kappa shape index (κ2) is 2.20. The van der Waals surface area contributed by atoms with Crippen LogP contribution in [0.5, 0.6) is 0 Å². The first-order chi connectivity index (χ1) is 4.20. The molecular formula is C4H7N3OS. The van der Waals surface area contributed by atoms with Crippen LogP contribution in [0.3, 0.4) is 0 Å². The van der Waals surface area contributed by atoms with E-state index in [1.807, 2.05) is 0 Å². The van der Waals surface area contributed by atoms with Gasteiger partial charge in [0.25, 0.3) is 5.56 Å². The van der Waals surface area contributed by atoms with Crippen LogP contribution in [0.4, 0.5) is 5.00 Å². The molecule has 1 rings (SSSR count). The third-order valence-corrected chi connectivity index (χ3v) is 1.78. The van der Waals surface area contributed by atoms with Gasteiger partial charge in [0.1, 0.15) is 5.00 Å². The quantitative estimate of drug-likeness (QED) is 0.423. The van der Waals surface area contributed by atoms with Crippen molar-refractivity contribution < 1.29 is 0 Å². The molecule has 0 aliphatic rings. The lowest BCUT2D eigenvalue weighted by atomic mass is 10.7. The van der Waals surface area contributed by atoms with Crippen LogP contribution in [-0.4, -0.2) is 11.4 Å². The Labute approximate surface area is 56.0 Å². The Bertz CT molecular complexity index is 238. The maximum atomic E-state index is 10.5. The minimum Gasteiger partial charge on any atom is -0.304 e.